The number of hydrogen-bond donors (Lipinski definition) is 0. The molecule has 6 heteroatoms. The largest absolute Gasteiger partial charge is 0.457 e. The standard InChI is InChI=1S/C18H14FNO4/c1-12-10-15(20-24-12)11-22-18(21)13-2-6-16(7-3-13)23-17-8-4-14(19)5-9-17/h2-10H,11H2,1H3. The number of rotatable bonds is 5. The maximum Gasteiger partial charge on any atom is 0.338 e. The first-order chi connectivity index (χ1) is 11.6. The first-order valence-corrected chi connectivity index (χ1v) is 7.23. The molecule has 1 heterocycles. The average molecular weight is 327 g/mol. The summed E-state index contributed by atoms with van der Waals surface area (Å²) in [5.74, 6) is 0.897. The van der Waals surface area contributed by atoms with Crippen LogP contribution in [0.5, 0.6) is 11.5 Å². The molecule has 3 rings (SSSR count). The zero-order chi connectivity index (χ0) is 16.9. The van der Waals surface area contributed by atoms with Gasteiger partial charge in [-0.1, -0.05) is 5.16 Å². The minimum atomic E-state index is -0.469. The summed E-state index contributed by atoms with van der Waals surface area (Å²) < 4.78 is 28.5. The van der Waals surface area contributed by atoms with E-state index in [1.165, 1.54) is 24.3 Å². The van der Waals surface area contributed by atoms with Crippen LogP contribution in [-0.2, 0) is 11.3 Å². The topological polar surface area (TPSA) is 61.6 Å². The van der Waals surface area contributed by atoms with Crippen LogP contribution < -0.4 is 4.74 Å². The number of carbonyl (C=O) groups is 1. The average Bonchev–Trinajstić information content (AvgIpc) is 3.01. The Bertz CT molecular complexity index is 825. The van der Waals surface area contributed by atoms with Gasteiger partial charge in [0.25, 0.3) is 0 Å². The molecule has 24 heavy (non-hydrogen) atoms. The molecule has 0 bridgehead atoms. The summed E-state index contributed by atoms with van der Waals surface area (Å²) in [7, 11) is 0. The maximum absolute atomic E-state index is 12.8. The second-order valence-electron chi connectivity index (χ2n) is 5.09. The third-order valence-corrected chi connectivity index (χ3v) is 3.17. The van der Waals surface area contributed by atoms with Gasteiger partial charge in [0.1, 0.15) is 35.4 Å². The molecule has 0 radical (unpaired) electrons. The Kier molecular flexibility index (Phi) is 4.56. The minimum Gasteiger partial charge on any atom is -0.457 e. The van der Waals surface area contributed by atoms with Crippen molar-refractivity contribution in [1.82, 2.24) is 5.16 Å². The lowest BCUT2D eigenvalue weighted by Gasteiger charge is -2.07. The van der Waals surface area contributed by atoms with Gasteiger partial charge in [-0.25, -0.2) is 9.18 Å². The van der Waals surface area contributed by atoms with E-state index in [0.29, 0.717) is 28.5 Å². The van der Waals surface area contributed by atoms with E-state index in [1.54, 1.807) is 37.3 Å². The summed E-state index contributed by atoms with van der Waals surface area (Å²) >= 11 is 0. The Balaban J connectivity index is 1.59. The predicted octanol–water partition coefficient (Wildman–Crippen LogP) is 4.27. The van der Waals surface area contributed by atoms with Gasteiger partial charge < -0.3 is 14.0 Å². The van der Waals surface area contributed by atoms with Crippen LogP contribution in [-0.4, -0.2) is 11.1 Å². The van der Waals surface area contributed by atoms with E-state index in [0.717, 1.165) is 0 Å². The molecule has 0 atom stereocenters. The number of carbonyl (C=O) groups excluding carboxylic acids is 1. The van der Waals surface area contributed by atoms with Crippen molar-refractivity contribution in [3.05, 3.63) is 77.4 Å². The van der Waals surface area contributed by atoms with Crippen molar-refractivity contribution < 1.29 is 23.2 Å². The van der Waals surface area contributed by atoms with Crippen LogP contribution in [0.1, 0.15) is 21.8 Å². The molecule has 1 aromatic heterocycles. The first-order valence-electron chi connectivity index (χ1n) is 7.23. The molecule has 0 saturated heterocycles. The molecule has 0 aliphatic rings. The quantitative estimate of drug-likeness (QED) is 0.655. The molecule has 3 aromatic rings. The van der Waals surface area contributed by atoms with Crippen molar-refractivity contribution in [2.45, 2.75) is 13.5 Å². The molecule has 0 aliphatic heterocycles. The van der Waals surface area contributed by atoms with Gasteiger partial charge >= 0.3 is 5.97 Å². The van der Waals surface area contributed by atoms with Crippen LogP contribution in [0.15, 0.2) is 59.1 Å². The van der Waals surface area contributed by atoms with E-state index in [4.69, 9.17) is 14.0 Å². The molecule has 5 nitrogen and oxygen atoms in total. The van der Waals surface area contributed by atoms with E-state index in [1.807, 2.05) is 0 Å². The molecule has 0 unspecified atom stereocenters. The van der Waals surface area contributed by atoms with E-state index >= 15 is 0 Å². The summed E-state index contributed by atoms with van der Waals surface area (Å²) in [5, 5.41) is 3.75. The normalized spacial score (nSPS) is 10.4. The molecule has 2 aromatic carbocycles. The molecule has 0 N–H and O–H groups in total. The second kappa shape index (κ2) is 6.95. The number of nitrogens with zero attached hydrogens (tertiary/aromatic N) is 1. The number of ether oxygens (including phenoxy) is 2. The lowest BCUT2D eigenvalue weighted by atomic mass is 10.2. The van der Waals surface area contributed by atoms with Crippen LogP contribution in [0.25, 0.3) is 0 Å². The van der Waals surface area contributed by atoms with Crippen molar-refractivity contribution >= 4 is 5.97 Å². The molecule has 122 valence electrons. The summed E-state index contributed by atoms with van der Waals surface area (Å²) in [6, 6.07) is 13.8. The van der Waals surface area contributed by atoms with Crippen LogP contribution in [0.2, 0.25) is 0 Å². The van der Waals surface area contributed by atoms with Gasteiger partial charge in [0.15, 0.2) is 0 Å². The summed E-state index contributed by atoms with van der Waals surface area (Å²) in [4.78, 5) is 12.0. The highest BCUT2D eigenvalue weighted by Gasteiger charge is 2.09. The van der Waals surface area contributed by atoms with Crippen LogP contribution in [0.3, 0.4) is 0 Å². The van der Waals surface area contributed by atoms with Crippen LogP contribution >= 0.6 is 0 Å². The first kappa shape index (κ1) is 15.7. The molecular weight excluding hydrogens is 313 g/mol. The lowest BCUT2D eigenvalue weighted by Crippen LogP contribution is -2.05. The van der Waals surface area contributed by atoms with Gasteiger partial charge in [-0.05, 0) is 55.5 Å². The number of benzene rings is 2. The van der Waals surface area contributed by atoms with Crippen LogP contribution in [0.4, 0.5) is 4.39 Å². The Hall–Kier alpha value is -3.15. The zero-order valence-electron chi connectivity index (χ0n) is 12.9. The molecule has 0 saturated carbocycles. The number of hydrogen-bond acceptors (Lipinski definition) is 5. The molecule has 0 spiro atoms. The third-order valence-electron chi connectivity index (χ3n) is 3.17. The fourth-order valence-electron chi connectivity index (χ4n) is 2.01. The van der Waals surface area contributed by atoms with Crippen LogP contribution in [0, 0.1) is 12.7 Å². The number of aromatic nitrogens is 1. The number of esters is 1. The minimum absolute atomic E-state index is 0.0456. The summed E-state index contributed by atoms with van der Waals surface area (Å²) in [5.41, 5.74) is 0.943. The highest BCUT2D eigenvalue weighted by atomic mass is 19.1. The van der Waals surface area contributed by atoms with E-state index < -0.39 is 5.97 Å². The van der Waals surface area contributed by atoms with Gasteiger partial charge in [0.2, 0.25) is 0 Å². The highest BCUT2D eigenvalue weighted by Crippen LogP contribution is 2.22. The van der Waals surface area contributed by atoms with Gasteiger partial charge in [-0.2, -0.15) is 0 Å². The van der Waals surface area contributed by atoms with E-state index in [2.05, 4.69) is 5.16 Å². The summed E-state index contributed by atoms with van der Waals surface area (Å²) in [6.45, 7) is 1.81. The Labute approximate surface area is 137 Å². The highest BCUT2D eigenvalue weighted by molar-refractivity contribution is 5.89. The monoisotopic (exact) mass is 327 g/mol. The van der Waals surface area contributed by atoms with Gasteiger partial charge in [0, 0.05) is 6.07 Å². The second-order valence-corrected chi connectivity index (χ2v) is 5.09. The maximum atomic E-state index is 12.8. The van der Waals surface area contributed by atoms with E-state index in [-0.39, 0.29) is 12.4 Å². The Morgan fingerprint density at radius 1 is 1.08 bits per heavy atom. The molecular formula is C18H14FNO4. The van der Waals surface area contributed by atoms with Gasteiger partial charge in [-0.15, -0.1) is 0 Å². The van der Waals surface area contributed by atoms with Gasteiger partial charge in [-0.3, -0.25) is 0 Å². The fourth-order valence-corrected chi connectivity index (χ4v) is 2.01. The zero-order valence-corrected chi connectivity index (χ0v) is 12.9. The Morgan fingerprint density at radius 3 is 2.29 bits per heavy atom. The predicted molar refractivity (Wildman–Crippen MR) is 83.3 cm³/mol. The molecule has 0 aliphatic carbocycles. The van der Waals surface area contributed by atoms with Crippen molar-refractivity contribution in [2.75, 3.05) is 0 Å². The number of halogens is 1. The molecule has 0 amide bonds. The number of aryl methyl sites for hydroxylation is 1. The van der Waals surface area contributed by atoms with Crippen molar-refractivity contribution in [3.8, 4) is 11.5 Å². The van der Waals surface area contributed by atoms with Crippen molar-refractivity contribution in [2.24, 2.45) is 0 Å². The third kappa shape index (κ3) is 3.98. The lowest BCUT2D eigenvalue weighted by molar-refractivity contribution is 0.0464. The van der Waals surface area contributed by atoms with Crippen molar-refractivity contribution in [1.29, 1.82) is 0 Å². The van der Waals surface area contributed by atoms with Crippen molar-refractivity contribution in [3.63, 3.8) is 0 Å². The van der Waals surface area contributed by atoms with Gasteiger partial charge in [0.05, 0.1) is 5.56 Å². The Morgan fingerprint density at radius 2 is 1.71 bits per heavy atom. The fraction of sp³-hybridized carbons (Fsp3) is 0.111. The SMILES string of the molecule is Cc1cc(COC(=O)c2ccc(Oc3ccc(F)cc3)cc2)no1. The molecule has 0 fully saturated rings. The smallest absolute Gasteiger partial charge is 0.338 e. The summed E-state index contributed by atoms with van der Waals surface area (Å²) in [6.07, 6.45) is 0. The van der Waals surface area contributed by atoms with E-state index in [9.17, 15) is 9.18 Å².